The SMILES string of the molecule is CCCCCC/C=C\C=C/CCCCCCCC(=O)O[C@H](COC(=O)CCCCCCCCCCCCCCCCC)COP(=O)(O)OC[C@@H](O)COP(=O)(O)OC[C@@H](COC(=O)CCCCCCCCCCCCC)OC(=O)CCCCCCCCCCCC(C)C. The molecular formula is C74H140O17P2. The second-order valence-electron chi connectivity index (χ2n) is 26.5. The van der Waals surface area contributed by atoms with Crippen molar-refractivity contribution in [3.8, 4) is 0 Å². The first-order valence-corrected chi connectivity index (χ1v) is 40.9. The maximum absolute atomic E-state index is 13.1. The first-order valence-electron chi connectivity index (χ1n) is 38.0. The van der Waals surface area contributed by atoms with Crippen LogP contribution in [-0.2, 0) is 65.4 Å². The van der Waals surface area contributed by atoms with Crippen LogP contribution in [0.3, 0.4) is 0 Å². The molecule has 0 saturated heterocycles. The summed E-state index contributed by atoms with van der Waals surface area (Å²) < 4.78 is 68.4. The van der Waals surface area contributed by atoms with Crippen molar-refractivity contribution in [1.29, 1.82) is 0 Å². The minimum Gasteiger partial charge on any atom is -0.462 e. The van der Waals surface area contributed by atoms with Gasteiger partial charge in [-0.15, -0.1) is 0 Å². The number of unbranched alkanes of at least 4 members (excludes halogenated alkanes) is 41. The number of rotatable bonds is 72. The Bertz CT molecular complexity index is 1880. The largest absolute Gasteiger partial charge is 0.472 e. The molecule has 5 atom stereocenters. The van der Waals surface area contributed by atoms with Crippen molar-refractivity contribution in [1.82, 2.24) is 0 Å². The molecule has 0 spiro atoms. The zero-order chi connectivity index (χ0) is 68.4. The smallest absolute Gasteiger partial charge is 0.462 e. The topological polar surface area (TPSA) is 237 Å². The van der Waals surface area contributed by atoms with Gasteiger partial charge >= 0.3 is 39.5 Å². The molecule has 0 aromatic rings. The van der Waals surface area contributed by atoms with Crippen LogP contribution in [-0.4, -0.2) is 96.7 Å². The van der Waals surface area contributed by atoms with Gasteiger partial charge in [0.2, 0.25) is 0 Å². The molecule has 0 aliphatic rings. The number of aliphatic hydroxyl groups excluding tert-OH is 1. The lowest BCUT2D eigenvalue weighted by atomic mass is 10.0. The Kier molecular flexibility index (Phi) is 65.0. The number of hydrogen-bond donors (Lipinski definition) is 3. The molecular weight excluding hydrogens is 1220 g/mol. The van der Waals surface area contributed by atoms with E-state index in [9.17, 15) is 43.2 Å². The summed E-state index contributed by atoms with van der Waals surface area (Å²) in [6, 6.07) is 0. The van der Waals surface area contributed by atoms with Crippen LogP contribution in [0.1, 0.15) is 362 Å². The number of ether oxygens (including phenoxy) is 4. The van der Waals surface area contributed by atoms with Gasteiger partial charge in [0.15, 0.2) is 12.2 Å². The summed E-state index contributed by atoms with van der Waals surface area (Å²) in [5, 5.41) is 10.6. The molecule has 2 unspecified atom stereocenters. The van der Waals surface area contributed by atoms with Crippen molar-refractivity contribution in [2.24, 2.45) is 5.92 Å². The normalized spacial score (nSPS) is 14.2. The van der Waals surface area contributed by atoms with E-state index < -0.39 is 97.5 Å². The molecule has 548 valence electrons. The van der Waals surface area contributed by atoms with Gasteiger partial charge in [-0.05, 0) is 57.3 Å². The Morgan fingerprint density at radius 3 is 0.882 bits per heavy atom. The Hall–Kier alpha value is -2.46. The molecule has 0 radical (unpaired) electrons. The number of hydrogen-bond acceptors (Lipinski definition) is 15. The third kappa shape index (κ3) is 67.9. The van der Waals surface area contributed by atoms with E-state index >= 15 is 0 Å². The number of phosphoric ester groups is 2. The molecule has 0 saturated carbocycles. The van der Waals surface area contributed by atoms with Gasteiger partial charge in [-0.3, -0.25) is 37.3 Å². The minimum absolute atomic E-state index is 0.0856. The van der Waals surface area contributed by atoms with Gasteiger partial charge in [-0.25, -0.2) is 9.13 Å². The summed E-state index contributed by atoms with van der Waals surface area (Å²) in [4.78, 5) is 72.7. The average Bonchev–Trinajstić information content (AvgIpc) is 1.66. The summed E-state index contributed by atoms with van der Waals surface area (Å²) in [7, 11) is -9.92. The molecule has 0 aliphatic heterocycles. The predicted molar refractivity (Wildman–Crippen MR) is 377 cm³/mol. The van der Waals surface area contributed by atoms with E-state index in [-0.39, 0.29) is 25.7 Å². The molecule has 0 bridgehead atoms. The van der Waals surface area contributed by atoms with Crippen LogP contribution < -0.4 is 0 Å². The van der Waals surface area contributed by atoms with Gasteiger partial charge in [0.05, 0.1) is 26.4 Å². The molecule has 93 heavy (non-hydrogen) atoms. The monoisotopic (exact) mass is 1360 g/mol. The van der Waals surface area contributed by atoms with Crippen molar-refractivity contribution in [3.05, 3.63) is 24.3 Å². The van der Waals surface area contributed by atoms with Crippen LogP contribution in [0.15, 0.2) is 24.3 Å². The summed E-state index contributed by atoms with van der Waals surface area (Å²) in [5.41, 5.74) is 0. The van der Waals surface area contributed by atoms with Crippen LogP contribution in [0.2, 0.25) is 0 Å². The fourth-order valence-corrected chi connectivity index (χ4v) is 12.4. The molecule has 17 nitrogen and oxygen atoms in total. The van der Waals surface area contributed by atoms with Crippen LogP contribution in [0.4, 0.5) is 0 Å². The van der Waals surface area contributed by atoms with Crippen molar-refractivity contribution in [2.75, 3.05) is 39.6 Å². The Morgan fingerprint density at radius 1 is 0.333 bits per heavy atom. The minimum atomic E-state index is -4.96. The fraction of sp³-hybridized carbons (Fsp3) is 0.892. The van der Waals surface area contributed by atoms with Crippen LogP contribution in [0, 0.1) is 5.92 Å². The highest BCUT2D eigenvalue weighted by molar-refractivity contribution is 7.47. The quantitative estimate of drug-likeness (QED) is 0.0169. The lowest BCUT2D eigenvalue weighted by Gasteiger charge is -2.21. The lowest BCUT2D eigenvalue weighted by molar-refractivity contribution is -0.161. The van der Waals surface area contributed by atoms with Gasteiger partial charge in [0.1, 0.15) is 19.3 Å². The van der Waals surface area contributed by atoms with Gasteiger partial charge in [0, 0.05) is 25.7 Å². The van der Waals surface area contributed by atoms with E-state index in [0.29, 0.717) is 25.7 Å². The van der Waals surface area contributed by atoms with Crippen molar-refractivity contribution in [2.45, 2.75) is 380 Å². The Labute approximate surface area is 567 Å². The van der Waals surface area contributed by atoms with Crippen molar-refractivity contribution in [3.63, 3.8) is 0 Å². The molecule has 0 aromatic heterocycles. The number of esters is 4. The van der Waals surface area contributed by atoms with E-state index in [4.69, 9.17) is 37.0 Å². The number of phosphoric acid groups is 2. The van der Waals surface area contributed by atoms with Crippen molar-refractivity contribution < 1.29 is 80.2 Å². The summed E-state index contributed by atoms with van der Waals surface area (Å²) >= 11 is 0. The number of aliphatic hydroxyl groups is 1. The summed E-state index contributed by atoms with van der Waals surface area (Å²) in [6.45, 7) is 7.18. The number of carbonyl (C=O) groups is 4. The number of allylic oxidation sites excluding steroid dienone is 4. The van der Waals surface area contributed by atoms with Gasteiger partial charge in [0.25, 0.3) is 0 Å². The van der Waals surface area contributed by atoms with Crippen LogP contribution >= 0.6 is 15.6 Å². The highest BCUT2D eigenvalue weighted by atomic mass is 31.2. The first-order chi connectivity index (χ1) is 45.0. The van der Waals surface area contributed by atoms with Gasteiger partial charge in [-0.2, -0.15) is 0 Å². The predicted octanol–water partition coefficient (Wildman–Crippen LogP) is 21.2. The molecule has 19 heteroatoms. The highest BCUT2D eigenvalue weighted by Gasteiger charge is 2.30. The number of carbonyl (C=O) groups excluding carboxylic acids is 4. The third-order valence-electron chi connectivity index (χ3n) is 16.7. The third-order valence-corrected chi connectivity index (χ3v) is 18.6. The Morgan fingerprint density at radius 2 is 0.581 bits per heavy atom. The fourth-order valence-electron chi connectivity index (χ4n) is 10.8. The highest BCUT2D eigenvalue weighted by Crippen LogP contribution is 2.45. The first kappa shape index (κ1) is 90.5. The standard InChI is InChI=1S/C74H140O17P2/c1-6-9-12-15-18-21-24-26-28-30-33-38-43-48-53-58-72(77)85-63-69(90-73(78)59-54-49-44-39-34-31-29-27-25-22-19-16-13-10-7-2)65-88-92(80,81)86-61-68(75)62-87-93(82,83)89-66-70(64-84-71(76)57-52-47-42-37-32-23-20-17-14-11-8-3)91-74(79)60-55-50-45-40-35-36-41-46-51-56-67(4)5/h22,25,27,29,67-70,75H,6-21,23-24,26,28,30-66H2,1-5H3,(H,80,81)(H,82,83)/b25-22-,29-27-/t68-,69-,70-/m1/s1. The molecule has 3 N–H and O–H groups in total. The zero-order valence-corrected chi connectivity index (χ0v) is 61.7. The molecule has 0 amide bonds. The molecule has 0 fully saturated rings. The van der Waals surface area contributed by atoms with Gasteiger partial charge < -0.3 is 33.8 Å². The summed E-state index contributed by atoms with van der Waals surface area (Å²) in [5.74, 6) is -1.41. The van der Waals surface area contributed by atoms with Crippen molar-refractivity contribution >= 4 is 39.5 Å². The van der Waals surface area contributed by atoms with E-state index in [0.717, 1.165) is 109 Å². The zero-order valence-electron chi connectivity index (χ0n) is 59.9. The lowest BCUT2D eigenvalue weighted by Crippen LogP contribution is -2.30. The second kappa shape index (κ2) is 66.8. The maximum atomic E-state index is 13.1. The van der Waals surface area contributed by atoms with E-state index in [1.165, 1.54) is 173 Å². The molecule has 0 aromatic carbocycles. The van der Waals surface area contributed by atoms with Gasteiger partial charge in [-0.1, -0.05) is 309 Å². The molecule has 0 heterocycles. The average molecular weight is 1360 g/mol. The van der Waals surface area contributed by atoms with E-state index in [2.05, 4.69) is 58.9 Å². The Balaban J connectivity index is 5.29. The second-order valence-corrected chi connectivity index (χ2v) is 29.4. The molecule has 0 rings (SSSR count). The van der Waals surface area contributed by atoms with Crippen LogP contribution in [0.25, 0.3) is 0 Å². The van der Waals surface area contributed by atoms with E-state index in [1.807, 2.05) is 0 Å². The maximum Gasteiger partial charge on any atom is 0.472 e. The van der Waals surface area contributed by atoms with E-state index in [1.54, 1.807) is 0 Å². The van der Waals surface area contributed by atoms with Crippen LogP contribution in [0.5, 0.6) is 0 Å². The summed E-state index contributed by atoms with van der Waals surface area (Å²) in [6.07, 6.45) is 57.6. The molecule has 0 aliphatic carbocycles.